The highest BCUT2D eigenvalue weighted by Crippen LogP contribution is 2.29. The van der Waals surface area contributed by atoms with E-state index in [2.05, 4.69) is 40.9 Å². The summed E-state index contributed by atoms with van der Waals surface area (Å²) in [5.74, 6) is 1.76. The van der Waals surface area contributed by atoms with Crippen molar-refractivity contribution < 1.29 is 9.84 Å². The lowest BCUT2D eigenvalue weighted by Gasteiger charge is -2.33. The first-order valence-electron chi connectivity index (χ1n) is 9.58. The molecule has 3 rings (SSSR count). The molecular formula is C20H33N3O2. The topological polar surface area (TPSA) is 39.2 Å². The van der Waals surface area contributed by atoms with E-state index < -0.39 is 6.10 Å². The number of benzene rings is 1. The zero-order valence-corrected chi connectivity index (χ0v) is 15.7. The second-order valence-electron chi connectivity index (χ2n) is 7.85. The number of β-amino-alcohol motifs (C(OH)–C–C–N with tert-alkyl or cyclic N) is 1. The van der Waals surface area contributed by atoms with Gasteiger partial charge < -0.3 is 19.6 Å². The summed E-state index contributed by atoms with van der Waals surface area (Å²) in [5, 5.41) is 10.2. The summed E-state index contributed by atoms with van der Waals surface area (Å²) in [6, 6.07) is 8.29. The van der Waals surface area contributed by atoms with Crippen LogP contribution in [0.5, 0.6) is 5.75 Å². The summed E-state index contributed by atoms with van der Waals surface area (Å²) in [6.45, 7) is 7.44. The molecule has 0 bridgehead atoms. The molecule has 5 nitrogen and oxygen atoms in total. The van der Waals surface area contributed by atoms with E-state index in [0.29, 0.717) is 13.2 Å². The van der Waals surface area contributed by atoms with Crippen molar-refractivity contribution in [3.8, 4) is 5.75 Å². The van der Waals surface area contributed by atoms with E-state index in [1.165, 1.54) is 24.9 Å². The van der Waals surface area contributed by atoms with Gasteiger partial charge in [-0.05, 0) is 50.6 Å². The Labute approximate surface area is 152 Å². The molecule has 0 aromatic heterocycles. The fourth-order valence-corrected chi connectivity index (χ4v) is 3.38. The monoisotopic (exact) mass is 347 g/mol. The van der Waals surface area contributed by atoms with Gasteiger partial charge >= 0.3 is 0 Å². The minimum atomic E-state index is -0.437. The van der Waals surface area contributed by atoms with Gasteiger partial charge in [0.2, 0.25) is 0 Å². The Bertz CT molecular complexity index is 510. The molecule has 1 aromatic carbocycles. The highest BCUT2D eigenvalue weighted by molar-refractivity contribution is 5.27. The Balaban J connectivity index is 1.36. The first-order chi connectivity index (χ1) is 12.1. The molecule has 1 aromatic rings. The molecule has 1 aliphatic heterocycles. The van der Waals surface area contributed by atoms with Crippen LogP contribution in [0.1, 0.15) is 18.4 Å². The average molecular weight is 348 g/mol. The van der Waals surface area contributed by atoms with Crippen molar-refractivity contribution in [1.29, 1.82) is 0 Å². The fraction of sp³-hybridized carbons (Fsp3) is 0.700. The predicted octanol–water partition coefficient (Wildman–Crippen LogP) is 1.52. The van der Waals surface area contributed by atoms with Crippen LogP contribution in [0.4, 0.5) is 0 Å². The lowest BCUT2D eigenvalue weighted by Crippen LogP contribution is -2.47. The average Bonchev–Trinajstić information content (AvgIpc) is 3.40. The van der Waals surface area contributed by atoms with Crippen LogP contribution in [-0.4, -0.2) is 85.9 Å². The molecule has 25 heavy (non-hydrogen) atoms. The van der Waals surface area contributed by atoms with Gasteiger partial charge in [0, 0.05) is 45.8 Å². The van der Waals surface area contributed by atoms with Crippen LogP contribution in [0.2, 0.25) is 0 Å². The van der Waals surface area contributed by atoms with Gasteiger partial charge in [0.1, 0.15) is 18.5 Å². The molecule has 1 saturated carbocycles. The van der Waals surface area contributed by atoms with Gasteiger partial charge in [0.15, 0.2) is 0 Å². The summed E-state index contributed by atoms with van der Waals surface area (Å²) < 4.78 is 5.76. The van der Waals surface area contributed by atoms with Crippen LogP contribution in [-0.2, 0) is 6.54 Å². The maximum absolute atomic E-state index is 10.2. The molecule has 1 heterocycles. The minimum Gasteiger partial charge on any atom is -0.491 e. The number of nitrogens with zero attached hydrogens (tertiary/aromatic N) is 3. The van der Waals surface area contributed by atoms with Gasteiger partial charge in [0.05, 0.1) is 0 Å². The summed E-state index contributed by atoms with van der Waals surface area (Å²) in [5.41, 5.74) is 1.31. The Kier molecular flexibility index (Phi) is 6.70. The lowest BCUT2D eigenvalue weighted by molar-refractivity contribution is 0.0505. The van der Waals surface area contributed by atoms with E-state index in [1.807, 2.05) is 12.1 Å². The third kappa shape index (κ3) is 6.59. The molecule has 5 heteroatoms. The largest absolute Gasteiger partial charge is 0.491 e. The van der Waals surface area contributed by atoms with E-state index in [1.54, 1.807) is 0 Å². The van der Waals surface area contributed by atoms with Crippen molar-refractivity contribution in [2.75, 3.05) is 60.0 Å². The predicted molar refractivity (Wildman–Crippen MR) is 101 cm³/mol. The highest BCUT2D eigenvalue weighted by atomic mass is 16.5. The van der Waals surface area contributed by atoms with Gasteiger partial charge in [-0.25, -0.2) is 0 Å². The van der Waals surface area contributed by atoms with Crippen LogP contribution < -0.4 is 4.74 Å². The van der Waals surface area contributed by atoms with Crippen LogP contribution >= 0.6 is 0 Å². The van der Waals surface area contributed by atoms with Crippen molar-refractivity contribution in [1.82, 2.24) is 14.7 Å². The number of ether oxygens (including phenoxy) is 1. The highest BCUT2D eigenvalue weighted by Gasteiger charge is 2.22. The smallest absolute Gasteiger partial charge is 0.119 e. The van der Waals surface area contributed by atoms with Gasteiger partial charge in [-0.15, -0.1) is 0 Å². The molecule has 140 valence electrons. The molecule has 0 spiro atoms. The maximum atomic E-state index is 10.2. The quantitative estimate of drug-likeness (QED) is 0.733. The summed E-state index contributed by atoms with van der Waals surface area (Å²) in [7, 11) is 4.34. The number of hydrogen-bond acceptors (Lipinski definition) is 5. The normalized spacial score (nSPS) is 20.8. The number of hydrogen-bond donors (Lipinski definition) is 1. The molecule has 2 fully saturated rings. The van der Waals surface area contributed by atoms with E-state index in [9.17, 15) is 5.11 Å². The summed E-state index contributed by atoms with van der Waals surface area (Å²) >= 11 is 0. The number of piperazine rings is 1. The van der Waals surface area contributed by atoms with Crippen molar-refractivity contribution >= 4 is 0 Å². The van der Waals surface area contributed by atoms with Gasteiger partial charge in [-0.1, -0.05) is 12.1 Å². The van der Waals surface area contributed by atoms with E-state index in [-0.39, 0.29) is 0 Å². The number of aliphatic hydroxyl groups excluding tert-OH is 1. The first-order valence-corrected chi connectivity index (χ1v) is 9.58. The molecule has 1 saturated heterocycles. The molecule has 2 aliphatic rings. The number of rotatable bonds is 9. The molecule has 0 unspecified atom stereocenters. The van der Waals surface area contributed by atoms with Crippen molar-refractivity contribution in [3.63, 3.8) is 0 Å². The Hall–Kier alpha value is -1.14. The van der Waals surface area contributed by atoms with Crippen molar-refractivity contribution in [2.45, 2.75) is 25.5 Å². The maximum Gasteiger partial charge on any atom is 0.119 e. The summed E-state index contributed by atoms with van der Waals surface area (Å²) in [6.07, 6.45) is 2.36. The zero-order valence-electron chi connectivity index (χ0n) is 15.7. The Morgan fingerprint density at radius 3 is 2.48 bits per heavy atom. The zero-order chi connectivity index (χ0) is 17.6. The molecule has 1 N–H and O–H groups in total. The fourth-order valence-electron chi connectivity index (χ4n) is 3.38. The second kappa shape index (κ2) is 8.99. The van der Waals surface area contributed by atoms with E-state index in [4.69, 9.17) is 4.74 Å². The van der Waals surface area contributed by atoms with Crippen LogP contribution in [0.25, 0.3) is 0 Å². The molecular weight excluding hydrogens is 314 g/mol. The SMILES string of the molecule is CN1CCN(C[C@H](O)COc2ccc(CN(C)CC3CC3)cc2)CC1. The molecule has 1 aliphatic carbocycles. The second-order valence-corrected chi connectivity index (χ2v) is 7.85. The van der Waals surface area contributed by atoms with Crippen LogP contribution in [0.3, 0.4) is 0 Å². The van der Waals surface area contributed by atoms with E-state index in [0.717, 1.165) is 44.4 Å². The van der Waals surface area contributed by atoms with Crippen LogP contribution in [0.15, 0.2) is 24.3 Å². The summed E-state index contributed by atoms with van der Waals surface area (Å²) in [4.78, 5) is 7.03. The van der Waals surface area contributed by atoms with Gasteiger partial charge in [-0.3, -0.25) is 4.90 Å². The van der Waals surface area contributed by atoms with Gasteiger partial charge in [-0.2, -0.15) is 0 Å². The Morgan fingerprint density at radius 2 is 1.84 bits per heavy atom. The van der Waals surface area contributed by atoms with Crippen molar-refractivity contribution in [3.05, 3.63) is 29.8 Å². The standard InChI is InChI=1S/C20H33N3O2/c1-21-9-11-23(12-10-21)15-19(24)16-25-20-7-5-18(6-8-20)14-22(2)13-17-3-4-17/h5-8,17,19,24H,3-4,9-16H2,1-2H3/t19-/m0/s1. The molecule has 0 amide bonds. The number of aliphatic hydroxyl groups is 1. The molecule has 0 radical (unpaired) electrons. The van der Waals surface area contributed by atoms with E-state index >= 15 is 0 Å². The lowest BCUT2D eigenvalue weighted by atomic mass is 10.2. The molecule has 1 atom stereocenters. The third-order valence-corrected chi connectivity index (χ3v) is 5.15. The van der Waals surface area contributed by atoms with Gasteiger partial charge in [0.25, 0.3) is 0 Å². The van der Waals surface area contributed by atoms with Crippen LogP contribution in [0, 0.1) is 5.92 Å². The number of likely N-dealkylation sites (N-methyl/N-ethyl adjacent to an activating group) is 1. The first kappa shape index (κ1) is 18.6. The minimum absolute atomic E-state index is 0.354. The Morgan fingerprint density at radius 1 is 1.16 bits per heavy atom. The third-order valence-electron chi connectivity index (χ3n) is 5.15. The van der Waals surface area contributed by atoms with Crippen molar-refractivity contribution in [2.24, 2.45) is 5.92 Å².